The first-order valence-electron chi connectivity index (χ1n) is 7.41. The molecule has 0 radical (unpaired) electrons. The highest BCUT2D eigenvalue weighted by molar-refractivity contribution is 7.89. The molecule has 0 atom stereocenters. The molecule has 0 aromatic heterocycles. The maximum atomic E-state index is 12.2. The number of aryl methyl sites for hydroxylation is 1. The van der Waals surface area contributed by atoms with Gasteiger partial charge in [0.1, 0.15) is 0 Å². The summed E-state index contributed by atoms with van der Waals surface area (Å²) >= 11 is 0. The minimum atomic E-state index is -3.43. The van der Waals surface area contributed by atoms with Gasteiger partial charge in [-0.2, -0.15) is 0 Å². The molecule has 0 bridgehead atoms. The van der Waals surface area contributed by atoms with E-state index in [4.69, 9.17) is 5.73 Å². The molecule has 1 aliphatic carbocycles. The van der Waals surface area contributed by atoms with Gasteiger partial charge in [0.25, 0.3) is 0 Å². The van der Waals surface area contributed by atoms with Gasteiger partial charge in [0.2, 0.25) is 10.0 Å². The minimum Gasteiger partial charge on any atom is -0.398 e. The minimum absolute atomic E-state index is 0.263. The Kier molecular flexibility index (Phi) is 5.05. The normalized spacial score (nSPS) is 16.6. The maximum absolute atomic E-state index is 12.2. The fraction of sp³-hybridized carbons (Fsp3) is 0.600. The summed E-state index contributed by atoms with van der Waals surface area (Å²) in [5.41, 5.74) is 7.39. The molecule has 1 aromatic carbocycles. The van der Waals surface area contributed by atoms with Crippen molar-refractivity contribution in [3.8, 4) is 0 Å². The van der Waals surface area contributed by atoms with E-state index in [2.05, 4.69) is 4.72 Å². The number of nitrogens with two attached hydrogens (primary N) is 1. The summed E-state index contributed by atoms with van der Waals surface area (Å²) in [6.07, 6.45) is 6.78. The Balaban J connectivity index is 1.96. The maximum Gasteiger partial charge on any atom is 0.240 e. The van der Waals surface area contributed by atoms with Crippen molar-refractivity contribution in [3.63, 3.8) is 0 Å². The van der Waals surface area contributed by atoms with Crippen LogP contribution in [-0.2, 0) is 16.4 Å². The zero-order chi connectivity index (χ0) is 14.6. The Morgan fingerprint density at radius 2 is 2.00 bits per heavy atom. The predicted molar refractivity (Wildman–Crippen MR) is 82.0 cm³/mol. The van der Waals surface area contributed by atoms with Crippen molar-refractivity contribution in [2.24, 2.45) is 5.92 Å². The molecule has 0 amide bonds. The average molecular weight is 296 g/mol. The van der Waals surface area contributed by atoms with Crippen LogP contribution in [0.25, 0.3) is 0 Å². The average Bonchev–Trinajstić information content (AvgIpc) is 2.91. The number of rotatable bonds is 6. The van der Waals surface area contributed by atoms with Crippen LogP contribution in [0.3, 0.4) is 0 Å². The number of anilines is 1. The second kappa shape index (κ2) is 6.59. The first-order valence-corrected chi connectivity index (χ1v) is 8.89. The lowest BCUT2D eigenvalue weighted by Gasteiger charge is -2.11. The molecule has 20 heavy (non-hydrogen) atoms. The van der Waals surface area contributed by atoms with Gasteiger partial charge in [-0.25, -0.2) is 13.1 Å². The number of benzene rings is 1. The van der Waals surface area contributed by atoms with Crippen LogP contribution in [0.4, 0.5) is 5.69 Å². The zero-order valence-electron chi connectivity index (χ0n) is 12.1. The lowest BCUT2D eigenvalue weighted by Crippen LogP contribution is -2.26. The SMILES string of the molecule is CCc1ccc(S(=O)(=O)NCCC2CCCC2)cc1N. The van der Waals surface area contributed by atoms with Gasteiger partial charge in [-0.15, -0.1) is 0 Å². The summed E-state index contributed by atoms with van der Waals surface area (Å²) in [5.74, 6) is 0.685. The van der Waals surface area contributed by atoms with Crippen LogP contribution in [0.1, 0.15) is 44.6 Å². The molecule has 2 rings (SSSR count). The first kappa shape index (κ1) is 15.3. The van der Waals surface area contributed by atoms with Gasteiger partial charge in [-0.05, 0) is 36.5 Å². The van der Waals surface area contributed by atoms with E-state index in [-0.39, 0.29) is 4.90 Å². The van der Waals surface area contributed by atoms with Gasteiger partial charge >= 0.3 is 0 Å². The van der Waals surface area contributed by atoms with Crippen molar-refractivity contribution in [1.29, 1.82) is 0 Å². The number of sulfonamides is 1. The van der Waals surface area contributed by atoms with Crippen molar-refractivity contribution >= 4 is 15.7 Å². The molecule has 0 aliphatic heterocycles. The summed E-state index contributed by atoms with van der Waals surface area (Å²) in [4.78, 5) is 0.263. The number of nitrogen functional groups attached to an aromatic ring is 1. The quantitative estimate of drug-likeness (QED) is 0.793. The third-order valence-corrected chi connectivity index (χ3v) is 5.59. The van der Waals surface area contributed by atoms with E-state index in [0.717, 1.165) is 18.4 Å². The van der Waals surface area contributed by atoms with Crippen LogP contribution >= 0.6 is 0 Å². The lowest BCUT2D eigenvalue weighted by atomic mass is 10.1. The molecule has 0 spiro atoms. The van der Waals surface area contributed by atoms with Crippen LogP contribution in [0.2, 0.25) is 0 Å². The topological polar surface area (TPSA) is 72.2 Å². The van der Waals surface area contributed by atoms with Crippen LogP contribution < -0.4 is 10.5 Å². The number of hydrogen-bond acceptors (Lipinski definition) is 3. The van der Waals surface area contributed by atoms with Gasteiger partial charge in [0.15, 0.2) is 0 Å². The molecule has 1 saturated carbocycles. The molecular formula is C15H24N2O2S. The smallest absolute Gasteiger partial charge is 0.240 e. The summed E-state index contributed by atoms with van der Waals surface area (Å²) in [5, 5.41) is 0. The summed E-state index contributed by atoms with van der Waals surface area (Å²) in [6.45, 7) is 2.52. The molecule has 1 aromatic rings. The number of nitrogens with one attached hydrogen (secondary N) is 1. The molecule has 4 nitrogen and oxygen atoms in total. The number of hydrogen-bond donors (Lipinski definition) is 2. The highest BCUT2D eigenvalue weighted by Crippen LogP contribution is 2.27. The first-order chi connectivity index (χ1) is 9.53. The van der Waals surface area contributed by atoms with Gasteiger partial charge in [-0.1, -0.05) is 38.7 Å². The van der Waals surface area contributed by atoms with Crippen LogP contribution in [0, 0.1) is 5.92 Å². The van der Waals surface area contributed by atoms with Gasteiger partial charge < -0.3 is 5.73 Å². The summed E-state index contributed by atoms with van der Waals surface area (Å²) < 4.78 is 27.1. The third kappa shape index (κ3) is 3.73. The molecule has 112 valence electrons. The Bertz CT molecular complexity index is 549. The standard InChI is InChI=1S/C15H24N2O2S/c1-2-13-7-8-14(11-15(13)16)20(18,19)17-10-9-12-5-3-4-6-12/h7-8,11-12,17H,2-6,9-10,16H2,1H3. The van der Waals surface area contributed by atoms with Crippen molar-refractivity contribution in [2.75, 3.05) is 12.3 Å². The fourth-order valence-corrected chi connectivity index (χ4v) is 3.92. The van der Waals surface area contributed by atoms with Crippen molar-refractivity contribution in [3.05, 3.63) is 23.8 Å². The zero-order valence-corrected chi connectivity index (χ0v) is 12.9. The van der Waals surface area contributed by atoms with Crippen molar-refractivity contribution < 1.29 is 8.42 Å². The summed E-state index contributed by atoms with van der Waals surface area (Å²) in [6, 6.07) is 4.98. The Morgan fingerprint density at radius 3 is 2.60 bits per heavy atom. The largest absolute Gasteiger partial charge is 0.398 e. The highest BCUT2D eigenvalue weighted by atomic mass is 32.2. The van der Waals surface area contributed by atoms with Gasteiger partial charge in [-0.3, -0.25) is 0 Å². The second-order valence-corrected chi connectivity index (χ2v) is 7.32. The van der Waals surface area contributed by atoms with Crippen LogP contribution in [-0.4, -0.2) is 15.0 Å². The highest BCUT2D eigenvalue weighted by Gasteiger charge is 2.18. The predicted octanol–water partition coefficient (Wildman–Crippen LogP) is 2.69. The molecule has 1 aliphatic rings. The fourth-order valence-electron chi connectivity index (χ4n) is 2.84. The van der Waals surface area contributed by atoms with E-state index < -0.39 is 10.0 Å². The van der Waals surface area contributed by atoms with E-state index in [1.807, 2.05) is 6.92 Å². The molecule has 0 saturated heterocycles. The van der Waals surface area contributed by atoms with Crippen molar-refractivity contribution in [1.82, 2.24) is 4.72 Å². The van der Waals surface area contributed by atoms with E-state index >= 15 is 0 Å². The molecule has 3 N–H and O–H groups in total. The monoisotopic (exact) mass is 296 g/mol. The van der Waals surface area contributed by atoms with E-state index in [1.165, 1.54) is 25.7 Å². The molecule has 1 fully saturated rings. The van der Waals surface area contributed by atoms with E-state index in [1.54, 1.807) is 18.2 Å². The van der Waals surface area contributed by atoms with Gasteiger partial charge in [0, 0.05) is 12.2 Å². The van der Waals surface area contributed by atoms with Gasteiger partial charge in [0.05, 0.1) is 4.90 Å². The Hall–Kier alpha value is -1.07. The molecular weight excluding hydrogens is 272 g/mol. The molecule has 5 heteroatoms. The van der Waals surface area contributed by atoms with Crippen molar-refractivity contribution in [2.45, 2.75) is 50.3 Å². The molecule has 0 unspecified atom stereocenters. The van der Waals surface area contributed by atoms with Crippen LogP contribution in [0.5, 0.6) is 0 Å². The third-order valence-electron chi connectivity index (χ3n) is 4.13. The Labute approximate surface area is 121 Å². The molecule has 0 heterocycles. The Morgan fingerprint density at radius 1 is 1.30 bits per heavy atom. The van der Waals surface area contributed by atoms with E-state index in [0.29, 0.717) is 18.2 Å². The van der Waals surface area contributed by atoms with E-state index in [9.17, 15) is 8.42 Å². The lowest BCUT2D eigenvalue weighted by molar-refractivity contribution is 0.495. The second-order valence-electron chi connectivity index (χ2n) is 5.55. The summed E-state index contributed by atoms with van der Waals surface area (Å²) in [7, 11) is -3.43. The van der Waals surface area contributed by atoms with Crippen LogP contribution in [0.15, 0.2) is 23.1 Å².